The van der Waals surface area contributed by atoms with Gasteiger partial charge in [-0.1, -0.05) is 0 Å². The van der Waals surface area contributed by atoms with Crippen molar-refractivity contribution in [3.05, 3.63) is 28.8 Å². The molecule has 0 saturated heterocycles. The first-order chi connectivity index (χ1) is 5.72. The summed E-state index contributed by atoms with van der Waals surface area (Å²) >= 11 is 0. The van der Waals surface area contributed by atoms with Crippen molar-refractivity contribution in [2.75, 3.05) is 0 Å². The fourth-order valence-corrected chi connectivity index (χ4v) is 1.15. The lowest BCUT2D eigenvalue weighted by Gasteiger charge is -1.88. The third-order valence-electron chi connectivity index (χ3n) is 1.78. The average molecular weight is 165 g/mol. The Balaban J connectivity index is 3.09. The van der Waals surface area contributed by atoms with Crippen molar-refractivity contribution in [3.8, 4) is 0 Å². The maximum Gasteiger partial charge on any atom is 0.362 e. The highest BCUT2D eigenvalue weighted by Crippen LogP contribution is 2.05. The molecule has 2 aromatic heterocycles. The standard InChI is InChI=1S/C7H7N3O2/c1-9-6-5(3-2-4-8-6)10(12)7(9)11/h2-4,12H,1H3. The highest BCUT2D eigenvalue weighted by atomic mass is 16.5. The van der Waals surface area contributed by atoms with E-state index in [-0.39, 0.29) is 0 Å². The van der Waals surface area contributed by atoms with Crippen LogP contribution in [0.25, 0.3) is 11.2 Å². The minimum atomic E-state index is -0.483. The molecule has 0 amide bonds. The molecular formula is C7H7N3O2. The van der Waals surface area contributed by atoms with Crippen molar-refractivity contribution in [2.24, 2.45) is 7.05 Å². The summed E-state index contributed by atoms with van der Waals surface area (Å²) in [6, 6.07) is 3.29. The van der Waals surface area contributed by atoms with Gasteiger partial charge in [0.25, 0.3) is 0 Å². The number of fused-ring (bicyclic) bond motifs is 1. The van der Waals surface area contributed by atoms with Crippen LogP contribution < -0.4 is 5.69 Å². The lowest BCUT2D eigenvalue weighted by atomic mass is 10.4. The number of nitrogens with zero attached hydrogens (tertiary/aromatic N) is 3. The molecule has 0 fully saturated rings. The average Bonchev–Trinajstić information content (AvgIpc) is 2.33. The zero-order chi connectivity index (χ0) is 8.72. The molecule has 1 N–H and O–H groups in total. The maximum absolute atomic E-state index is 11.1. The van der Waals surface area contributed by atoms with Crippen LogP contribution in [0.3, 0.4) is 0 Å². The summed E-state index contributed by atoms with van der Waals surface area (Å²) in [5.74, 6) is 0. The normalized spacial score (nSPS) is 10.8. The van der Waals surface area contributed by atoms with Gasteiger partial charge in [-0.05, 0) is 12.1 Å². The maximum atomic E-state index is 11.1. The van der Waals surface area contributed by atoms with Gasteiger partial charge in [0, 0.05) is 13.2 Å². The van der Waals surface area contributed by atoms with Gasteiger partial charge in [-0.2, -0.15) is 0 Å². The number of aromatic nitrogens is 3. The van der Waals surface area contributed by atoms with E-state index < -0.39 is 5.69 Å². The first-order valence-electron chi connectivity index (χ1n) is 3.43. The van der Waals surface area contributed by atoms with E-state index in [2.05, 4.69) is 4.98 Å². The van der Waals surface area contributed by atoms with E-state index in [1.165, 1.54) is 4.57 Å². The number of hydrogen-bond acceptors (Lipinski definition) is 3. The molecule has 2 aromatic rings. The molecule has 2 rings (SSSR count). The van der Waals surface area contributed by atoms with E-state index >= 15 is 0 Å². The van der Waals surface area contributed by atoms with Crippen LogP contribution in [0.2, 0.25) is 0 Å². The second kappa shape index (κ2) is 2.10. The number of aryl methyl sites for hydroxylation is 1. The van der Waals surface area contributed by atoms with Gasteiger partial charge < -0.3 is 5.21 Å². The van der Waals surface area contributed by atoms with Crippen molar-refractivity contribution in [2.45, 2.75) is 0 Å². The zero-order valence-corrected chi connectivity index (χ0v) is 6.43. The Morgan fingerprint density at radius 3 is 3.00 bits per heavy atom. The smallest absolute Gasteiger partial charge is 0.362 e. The van der Waals surface area contributed by atoms with Gasteiger partial charge in [-0.25, -0.2) is 9.78 Å². The summed E-state index contributed by atoms with van der Waals surface area (Å²) in [6.07, 6.45) is 1.57. The van der Waals surface area contributed by atoms with Gasteiger partial charge in [-0.3, -0.25) is 4.57 Å². The van der Waals surface area contributed by atoms with E-state index in [9.17, 15) is 10.0 Å². The second-order valence-corrected chi connectivity index (χ2v) is 2.50. The van der Waals surface area contributed by atoms with E-state index in [1.54, 1.807) is 25.4 Å². The van der Waals surface area contributed by atoms with Crippen LogP contribution in [0.15, 0.2) is 23.1 Å². The van der Waals surface area contributed by atoms with Gasteiger partial charge in [0.15, 0.2) is 5.65 Å². The molecule has 5 nitrogen and oxygen atoms in total. The quantitative estimate of drug-likeness (QED) is 0.558. The minimum absolute atomic E-state index is 0.421. The molecular weight excluding hydrogens is 158 g/mol. The molecule has 0 aromatic carbocycles. The zero-order valence-electron chi connectivity index (χ0n) is 6.43. The SMILES string of the molecule is Cn1c(=O)n(O)c2cccnc21. The minimum Gasteiger partial charge on any atom is -0.423 e. The molecule has 12 heavy (non-hydrogen) atoms. The molecule has 0 spiro atoms. The predicted octanol–water partition coefficient (Wildman–Crippen LogP) is -0.0277. The molecule has 0 aliphatic heterocycles. The Kier molecular flexibility index (Phi) is 1.21. The molecule has 0 bridgehead atoms. The van der Waals surface area contributed by atoms with Crippen molar-refractivity contribution in [1.82, 2.24) is 14.3 Å². The van der Waals surface area contributed by atoms with Crippen molar-refractivity contribution in [1.29, 1.82) is 0 Å². The largest absolute Gasteiger partial charge is 0.423 e. The Bertz CT molecular complexity index is 441. The molecule has 5 heteroatoms. The Morgan fingerprint density at radius 2 is 2.33 bits per heavy atom. The molecule has 0 radical (unpaired) electrons. The first-order valence-corrected chi connectivity index (χ1v) is 3.43. The number of pyridine rings is 1. The van der Waals surface area contributed by atoms with Gasteiger partial charge in [0.2, 0.25) is 0 Å². The third-order valence-corrected chi connectivity index (χ3v) is 1.78. The molecule has 2 heterocycles. The van der Waals surface area contributed by atoms with Crippen molar-refractivity contribution >= 4 is 11.2 Å². The summed E-state index contributed by atoms with van der Waals surface area (Å²) < 4.78 is 1.87. The van der Waals surface area contributed by atoms with Crippen LogP contribution in [0, 0.1) is 0 Å². The third kappa shape index (κ3) is 0.674. The van der Waals surface area contributed by atoms with Crippen LogP contribution >= 0.6 is 0 Å². The fraction of sp³-hybridized carbons (Fsp3) is 0.143. The molecule has 62 valence electrons. The summed E-state index contributed by atoms with van der Waals surface area (Å²) in [5.41, 5.74) is 0.415. The lowest BCUT2D eigenvalue weighted by molar-refractivity contribution is 0.185. The highest BCUT2D eigenvalue weighted by molar-refractivity contribution is 5.70. The van der Waals surface area contributed by atoms with Gasteiger partial charge in [-0.15, -0.1) is 4.73 Å². The molecule has 0 unspecified atom stereocenters. The summed E-state index contributed by atoms with van der Waals surface area (Å²) in [6.45, 7) is 0. The van der Waals surface area contributed by atoms with Crippen molar-refractivity contribution in [3.63, 3.8) is 0 Å². The Morgan fingerprint density at radius 1 is 1.58 bits per heavy atom. The predicted molar refractivity (Wildman–Crippen MR) is 42.2 cm³/mol. The second-order valence-electron chi connectivity index (χ2n) is 2.50. The Labute approximate surface area is 67.5 Å². The van der Waals surface area contributed by atoms with Crippen LogP contribution in [-0.4, -0.2) is 19.5 Å². The van der Waals surface area contributed by atoms with E-state index in [1.807, 2.05) is 0 Å². The number of hydrogen-bond donors (Lipinski definition) is 1. The topological polar surface area (TPSA) is 60.0 Å². The fourth-order valence-electron chi connectivity index (χ4n) is 1.15. The van der Waals surface area contributed by atoms with Crippen molar-refractivity contribution < 1.29 is 5.21 Å². The molecule has 0 aliphatic rings. The molecule has 0 atom stereocenters. The summed E-state index contributed by atoms with van der Waals surface area (Å²) in [7, 11) is 1.56. The molecule has 0 aliphatic carbocycles. The van der Waals surface area contributed by atoms with Crippen LogP contribution in [0.1, 0.15) is 0 Å². The van der Waals surface area contributed by atoms with Gasteiger partial charge in [0.05, 0.1) is 0 Å². The van der Waals surface area contributed by atoms with Crippen LogP contribution in [0.5, 0.6) is 0 Å². The van der Waals surface area contributed by atoms with Gasteiger partial charge in [0.1, 0.15) is 5.52 Å². The van der Waals surface area contributed by atoms with E-state index in [4.69, 9.17) is 0 Å². The first kappa shape index (κ1) is 6.90. The summed E-state index contributed by atoms with van der Waals surface area (Å²) in [5, 5.41) is 9.22. The Hall–Kier alpha value is -1.78. The number of imidazole rings is 1. The summed E-state index contributed by atoms with van der Waals surface area (Å²) in [4.78, 5) is 15.1. The van der Waals surface area contributed by atoms with Crippen LogP contribution in [0.4, 0.5) is 0 Å². The lowest BCUT2D eigenvalue weighted by Crippen LogP contribution is -2.20. The monoisotopic (exact) mass is 165 g/mol. The number of rotatable bonds is 0. The van der Waals surface area contributed by atoms with Crippen LogP contribution in [-0.2, 0) is 7.05 Å². The van der Waals surface area contributed by atoms with E-state index in [0.29, 0.717) is 15.9 Å². The van der Waals surface area contributed by atoms with E-state index in [0.717, 1.165) is 0 Å². The molecule has 0 saturated carbocycles. The van der Waals surface area contributed by atoms with Gasteiger partial charge >= 0.3 is 5.69 Å². The highest BCUT2D eigenvalue weighted by Gasteiger charge is 2.08.